The number of esters is 3. The van der Waals surface area contributed by atoms with E-state index in [1.165, 1.54) is 36.4 Å². The van der Waals surface area contributed by atoms with E-state index in [0.29, 0.717) is 65.6 Å². The fourth-order valence-electron chi connectivity index (χ4n) is 4.18. The van der Waals surface area contributed by atoms with Crippen molar-refractivity contribution < 1.29 is 57.9 Å². The molecule has 0 fully saturated rings. The average molecular weight is 840 g/mol. The van der Waals surface area contributed by atoms with E-state index < -0.39 is 0 Å². The van der Waals surface area contributed by atoms with Gasteiger partial charge in [0, 0.05) is 27.8 Å². The van der Waals surface area contributed by atoms with Gasteiger partial charge in [-0.05, 0) is 118 Å². The molecule has 0 atom stereocenters. The molecule has 0 bridgehead atoms. The Bertz CT molecular complexity index is 1780. The molecular weight excluding hydrogens is 792 g/mol. The number of halogens is 1. The van der Waals surface area contributed by atoms with Gasteiger partial charge in [0.15, 0.2) is 0 Å². The summed E-state index contributed by atoms with van der Waals surface area (Å²) in [7, 11) is 0. The predicted molar refractivity (Wildman–Crippen MR) is 214 cm³/mol. The Morgan fingerprint density at radius 1 is 0.500 bits per heavy atom. The second kappa shape index (κ2) is 26.6. The van der Waals surface area contributed by atoms with Gasteiger partial charge in [-0.1, -0.05) is 15.9 Å². The molecule has 0 aliphatic carbocycles. The summed E-state index contributed by atoms with van der Waals surface area (Å²) >= 11 is 3.12. The number of alkyl halides is 1. The second-order valence-corrected chi connectivity index (χ2v) is 11.9. The summed E-state index contributed by atoms with van der Waals surface area (Å²) in [6.45, 7) is 6.89. The number of hydrogen-bond donors (Lipinski definition) is 4. The summed E-state index contributed by atoms with van der Waals surface area (Å²) in [6, 6.07) is 25.6. The standard InChI is InChI=1S/C23H27NO7.C13H11NO3.C5H9BrO2/c1-3-28-21(25)13-15-30-19-9-5-17(6-10-19)23(27)24-18-7-11-20(12-8-18)31-16-14-22(26)29-4-2;15-11-5-1-9(2-6-11)13(17)14-10-3-7-12(16)8-4-10;1-2-8-5(7)3-4-6/h5-12H,3-4,13-16H2,1-2H3,(H,24,27);1-8,15-16H,(H,14,17);2-4H2,1H3. The third-order valence-electron chi connectivity index (χ3n) is 6.85. The van der Waals surface area contributed by atoms with Crippen LogP contribution >= 0.6 is 15.9 Å². The van der Waals surface area contributed by atoms with Gasteiger partial charge in [-0.2, -0.15) is 0 Å². The van der Waals surface area contributed by atoms with Crippen molar-refractivity contribution >= 4 is 57.0 Å². The van der Waals surface area contributed by atoms with Gasteiger partial charge in [0.05, 0.1) is 52.3 Å². The highest BCUT2D eigenvalue weighted by Gasteiger charge is 2.09. The summed E-state index contributed by atoms with van der Waals surface area (Å²) in [5.41, 5.74) is 2.13. The minimum Gasteiger partial charge on any atom is -0.508 e. The number of phenolic OH excluding ortho intramolecular Hbond substituents is 2. The Morgan fingerprint density at radius 3 is 1.20 bits per heavy atom. The molecule has 0 aromatic heterocycles. The zero-order valence-electron chi connectivity index (χ0n) is 31.5. The molecule has 0 aliphatic rings. The average Bonchev–Trinajstić information content (AvgIpc) is 3.18. The summed E-state index contributed by atoms with van der Waals surface area (Å²) in [6.07, 6.45) is 0.807. The topological polar surface area (TPSA) is 196 Å². The molecule has 14 nitrogen and oxygen atoms in total. The number of hydrogen-bond acceptors (Lipinski definition) is 12. The quantitative estimate of drug-likeness (QED) is 0.0359. The number of aromatic hydroxyl groups is 2. The number of rotatable bonds is 17. The van der Waals surface area contributed by atoms with Crippen molar-refractivity contribution in [2.75, 3.05) is 49.0 Å². The number of carbonyl (C=O) groups excluding carboxylic acids is 5. The minimum atomic E-state index is -0.311. The van der Waals surface area contributed by atoms with E-state index in [4.69, 9.17) is 29.2 Å². The van der Waals surface area contributed by atoms with Crippen molar-refractivity contribution in [2.45, 2.75) is 40.0 Å². The van der Waals surface area contributed by atoms with Crippen LogP contribution < -0.4 is 20.1 Å². The molecule has 4 aromatic carbocycles. The minimum absolute atomic E-state index is 0.117. The van der Waals surface area contributed by atoms with E-state index in [2.05, 4.69) is 31.3 Å². The fourth-order valence-corrected chi connectivity index (χ4v) is 4.51. The molecule has 0 saturated carbocycles. The Kier molecular flexibility index (Phi) is 21.9. The third kappa shape index (κ3) is 19.3. The molecule has 0 aliphatic heterocycles. The zero-order valence-corrected chi connectivity index (χ0v) is 33.0. The monoisotopic (exact) mass is 838 g/mol. The van der Waals surface area contributed by atoms with Crippen molar-refractivity contribution in [1.29, 1.82) is 0 Å². The first-order chi connectivity index (χ1) is 27.0. The molecule has 0 unspecified atom stereocenters. The van der Waals surface area contributed by atoms with Crippen LogP contribution in [0.25, 0.3) is 0 Å². The lowest BCUT2D eigenvalue weighted by Gasteiger charge is -2.09. The third-order valence-corrected chi connectivity index (χ3v) is 7.24. The molecule has 0 saturated heterocycles. The number of benzene rings is 4. The number of carbonyl (C=O) groups is 5. The van der Waals surface area contributed by atoms with Gasteiger partial charge < -0.3 is 44.5 Å². The fraction of sp³-hybridized carbons (Fsp3) is 0.293. The number of phenols is 2. The normalized spacial score (nSPS) is 9.86. The Morgan fingerprint density at radius 2 is 0.821 bits per heavy atom. The maximum Gasteiger partial charge on any atom is 0.309 e. The van der Waals surface area contributed by atoms with Crippen LogP contribution in [-0.4, -0.2) is 78.3 Å². The first-order valence-electron chi connectivity index (χ1n) is 17.7. The van der Waals surface area contributed by atoms with Gasteiger partial charge in [-0.3, -0.25) is 24.0 Å². The van der Waals surface area contributed by atoms with E-state index in [9.17, 15) is 24.0 Å². The maximum absolute atomic E-state index is 12.4. The van der Waals surface area contributed by atoms with Gasteiger partial charge in [0.2, 0.25) is 0 Å². The summed E-state index contributed by atoms with van der Waals surface area (Å²) < 4.78 is 25.2. The lowest BCUT2D eigenvalue weighted by atomic mass is 10.2. The molecule has 15 heteroatoms. The van der Waals surface area contributed by atoms with Crippen LogP contribution in [0.2, 0.25) is 0 Å². The van der Waals surface area contributed by atoms with Gasteiger partial charge >= 0.3 is 17.9 Å². The number of nitrogens with one attached hydrogen (secondary N) is 2. The van der Waals surface area contributed by atoms with Gasteiger partial charge in [-0.25, -0.2) is 0 Å². The predicted octanol–water partition coefficient (Wildman–Crippen LogP) is 7.29. The van der Waals surface area contributed by atoms with Gasteiger partial charge in [-0.15, -0.1) is 0 Å². The van der Waals surface area contributed by atoms with Crippen LogP contribution in [0.3, 0.4) is 0 Å². The van der Waals surface area contributed by atoms with E-state index in [1.54, 1.807) is 81.4 Å². The molecule has 4 aromatic rings. The van der Waals surface area contributed by atoms with E-state index in [-0.39, 0.29) is 67.3 Å². The lowest BCUT2D eigenvalue weighted by Crippen LogP contribution is -2.12. The smallest absolute Gasteiger partial charge is 0.309 e. The Hall–Kier alpha value is -6.09. The number of anilines is 2. The largest absolute Gasteiger partial charge is 0.508 e. The lowest BCUT2D eigenvalue weighted by molar-refractivity contribution is -0.144. The second-order valence-electron chi connectivity index (χ2n) is 11.1. The highest BCUT2D eigenvalue weighted by atomic mass is 79.9. The zero-order chi connectivity index (χ0) is 41.1. The van der Waals surface area contributed by atoms with E-state index in [1.807, 2.05) is 0 Å². The summed E-state index contributed by atoms with van der Waals surface area (Å²) in [4.78, 5) is 57.1. The van der Waals surface area contributed by atoms with Crippen LogP contribution in [0.5, 0.6) is 23.0 Å². The van der Waals surface area contributed by atoms with Crippen molar-refractivity contribution in [2.24, 2.45) is 0 Å². The highest BCUT2D eigenvalue weighted by molar-refractivity contribution is 9.09. The SMILES string of the molecule is CCOC(=O)CCBr.CCOC(=O)CCOc1ccc(NC(=O)c2ccc(OCCC(=O)OCC)cc2)cc1.O=C(Nc1ccc(O)cc1)c1ccc(O)cc1. The van der Waals surface area contributed by atoms with Gasteiger partial charge in [0.1, 0.15) is 23.0 Å². The van der Waals surface area contributed by atoms with E-state index in [0.717, 1.165) is 0 Å². The Balaban J connectivity index is 0.000000359. The molecule has 4 rings (SSSR count). The molecular formula is C41H47BrN2O12. The molecule has 0 heterocycles. The molecule has 56 heavy (non-hydrogen) atoms. The summed E-state index contributed by atoms with van der Waals surface area (Å²) in [5.74, 6) is 0.125. The molecule has 0 spiro atoms. The first kappa shape index (κ1) is 46.1. The molecule has 0 radical (unpaired) electrons. The van der Waals surface area contributed by atoms with Crippen molar-refractivity contribution in [3.8, 4) is 23.0 Å². The molecule has 2 amide bonds. The number of ether oxygens (including phenoxy) is 5. The van der Waals surface area contributed by atoms with Gasteiger partial charge in [0.25, 0.3) is 11.8 Å². The van der Waals surface area contributed by atoms with Crippen LogP contribution in [0.4, 0.5) is 11.4 Å². The summed E-state index contributed by atoms with van der Waals surface area (Å²) in [5, 5.41) is 24.4. The first-order valence-corrected chi connectivity index (χ1v) is 18.8. The van der Waals surface area contributed by atoms with E-state index >= 15 is 0 Å². The van der Waals surface area contributed by atoms with Crippen LogP contribution in [-0.2, 0) is 28.6 Å². The number of amides is 2. The highest BCUT2D eigenvalue weighted by Crippen LogP contribution is 2.19. The van der Waals surface area contributed by atoms with Crippen LogP contribution in [0, 0.1) is 0 Å². The molecule has 300 valence electrons. The molecule has 4 N–H and O–H groups in total. The van der Waals surface area contributed by atoms with Crippen LogP contribution in [0.15, 0.2) is 97.1 Å². The van der Waals surface area contributed by atoms with Crippen molar-refractivity contribution in [1.82, 2.24) is 0 Å². The Labute approximate surface area is 334 Å². The van der Waals surface area contributed by atoms with Crippen molar-refractivity contribution in [3.63, 3.8) is 0 Å². The maximum atomic E-state index is 12.4. The van der Waals surface area contributed by atoms with Crippen LogP contribution in [0.1, 0.15) is 60.7 Å². The van der Waals surface area contributed by atoms with Crippen molar-refractivity contribution in [3.05, 3.63) is 108 Å².